The molecule has 0 aromatic carbocycles. The van der Waals surface area contributed by atoms with Crippen LogP contribution in [0.5, 0.6) is 0 Å². The Bertz CT molecular complexity index is 1030. The quantitative estimate of drug-likeness (QED) is 0.591. The van der Waals surface area contributed by atoms with Crippen molar-refractivity contribution in [1.29, 1.82) is 0 Å². The SMILES string of the molecule is CC(C)C(C)C(C)(C)C1Cc2conc2-c2c3c(nn2C1)C[C@@H](C)N(C(=O)OC(C)(C)C)C3. The van der Waals surface area contributed by atoms with Gasteiger partial charge in [-0.05, 0) is 57.3 Å². The molecule has 4 heterocycles. The molecule has 1 amide bonds. The third kappa shape index (κ3) is 4.31. The average Bonchev–Trinajstić information content (AvgIpc) is 3.24. The number of aromatic nitrogens is 3. The number of hydrogen-bond acceptors (Lipinski definition) is 5. The molecule has 33 heavy (non-hydrogen) atoms. The third-order valence-corrected chi connectivity index (χ3v) is 8.06. The molecule has 0 bridgehead atoms. The highest BCUT2D eigenvalue weighted by atomic mass is 16.6. The van der Waals surface area contributed by atoms with E-state index in [4.69, 9.17) is 14.4 Å². The van der Waals surface area contributed by atoms with Gasteiger partial charge in [0.2, 0.25) is 0 Å². The Hall–Kier alpha value is -2.31. The summed E-state index contributed by atoms with van der Waals surface area (Å²) < 4.78 is 13.3. The van der Waals surface area contributed by atoms with Crippen molar-refractivity contribution in [3.8, 4) is 11.4 Å². The molecule has 0 aliphatic carbocycles. The van der Waals surface area contributed by atoms with Crippen LogP contribution in [0.2, 0.25) is 0 Å². The number of fused-ring (bicyclic) bond motifs is 5. The van der Waals surface area contributed by atoms with Gasteiger partial charge in [-0.1, -0.05) is 39.8 Å². The highest BCUT2D eigenvalue weighted by Crippen LogP contribution is 2.45. The number of amides is 1. The molecule has 0 saturated heterocycles. The zero-order valence-corrected chi connectivity index (χ0v) is 21.7. The largest absolute Gasteiger partial charge is 0.444 e. The maximum absolute atomic E-state index is 13.0. The Labute approximate surface area is 197 Å². The topological polar surface area (TPSA) is 73.4 Å². The van der Waals surface area contributed by atoms with Crippen molar-refractivity contribution in [3.63, 3.8) is 0 Å². The summed E-state index contributed by atoms with van der Waals surface area (Å²) in [5.74, 6) is 1.55. The van der Waals surface area contributed by atoms with E-state index in [1.54, 1.807) is 6.26 Å². The molecule has 2 aromatic heterocycles. The number of nitrogens with zero attached hydrogens (tertiary/aromatic N) is 4. The van der Waals surface area contributed by atoms with Gasteiger partial charge >= 0.3 is 6.09 Å². The van der Waals surface area contributed by atoms with Gasteiger partial charge in [0.25, 0.3) is 0 Å². The Kier molecular flexibility index (Phi) is 5.90. The summed E-state index contributed by atoms with van der Waals surface area (Å²) >= 11 is 0. The molecule has 0 spiro atoms. The van der Waals surface area contributed by atoms with E-state index in [1.807, 2.05) is 25.7 Å². The highest BCUT2D eigenvalue weighted by molar-refractivity contribution is 5.71. The average molecular weight is 457 g/mol. The number of hydrogen-bond donors (Lipinski definition) is 0. The molecule has 2 aliphatic heterocycles. The zero-order valence-electron chi connectivity index (χ0n) is 21.7. The molecule has 2 aromatic rings. The van der Waals surface area contributed by atoms with E-state index in [0.717, 1.165) is 41.2 Å². The minimum Gasteiger partial charge on any atom is -0.444 e. The van der Waals surface area contributed by atoms with Crippen LogP contribution in [0.25, 0.3) is 11.4 Å². The molecule has 2 unspecified atom stereocenters. The molecule has 0 fully saturated rings. The van der Waals surface area contributed by atoms with Crippen LogP contribution in [0, 0.1) is 23.2 Å². The van der Waals surface area contributed by atoms with E-state index in [9.17, 15) is 4.79 Å². The molecule has 4 rings (SSSR count). The summed E-state index contributed by atoms with van der Waals surface area (Å²) in [5, 5.41) is 9.49. The van der Waals surface area contributed by atoms with Crippen LogP contribution in [0.1, 0.15) is 79.1 Å². The minimum atomic E-state index is -0.530. The van der Waals surface area contributed by atoms with Crippen LogP contribution < -0.4 is 0 Å². The number of carbonyl (C=O) groups excluding carboxylic acids is 1. The molecule has 182 valence electrons. The first-order chi connectivity index (χ1) is 15.3. The van der Waals surface area contributed by atoms with Crippen LogP contribution in [0.15, 0.2) is 10.8 Å². The van der Waals surface area contributed by atoms with Crippen molar-refractivity contribution < 1.29 is 14.1 Å². The molecular weight excluding hydrogens is 416 g/mol. The molecule has 2 aliphatic rings. The fourth-order valence-electron chi connectivity index (χ4n) is 5.42. The third-order valence-electron chi connectivity index (χ3n) is 8.06. The first-order valence-electron chi connectivity index (χ1n) is 12.3. The van der Waals surface area contributed by atoms with Gasteiger partial charge in [-0.25, -0.2) is 4.79 Å². The van der Waals surface area contributed by atoms with Crippen molar-refractivity contribution in [2.24, 2.45) is 23.2 Å². The van der Waals surface area contributed by atoms with Crippen molar-refractivity contribution in [3.05, 3.63) is 23.1 Å². The summed E-state index contributed by atoms with van der Waals surface area (Å²) in [6.07, 6.45) is 3.13. The Morgan fingerprint density at radius 2 is 1.88 bits per heavy atom. The lowest BCUT2D eigenvalue weighted by Gasteiger charge is -2.41. The lowest BCUT2D eigenvalue weighted by Crippen LogP contribution is -2.45. The fraction of sp³-hybridized carbons (Fsp3) is 0.731. The van der Waals surface area contributed by atoms with Crippen LogP contribution in [0.4, 0.5) is 4.79 Å². The summed E-state index contributed by atoms with van der Waals surface area (Å²) in [5.41, 5.74) is 4.73. The molecule has 3 atom stereocenters. The van der Waals surface area contributed by atoms with E-state index >= 15 is 0 Å². The van der Waals surface area contributed by atoms with E-state index in [2.05, 4.69) is 51.4 Å². The first-order valence-corrected chi connectivity index (χ1v) is 12.3. The standard InChI is InChI=1S/C26H40N4O3/c1-15(2)17(4)26(8,9)19-11-18-14-32-28-22(18)23-20-13-29(24(31)33-25(5,6)7)16(3)10-21(20)27-30(23)12-19/h14-17,19H,10-13H2,1-9H3/t16-,17?,19?/m1/s1. The van der Waals surface area contributed by atoms with E-state index in [1.165, 1.54) is 0 Å². The summed E-state index contributed by atoms with van der Waals surface area (Å²) in [6, 6.07) is 0.0245. The lowest BCUT2D eigenvalue weighted by molar-refractivity contribution is 0.0138. The minimum absolute atomic E-state index is 0.0245. The van der Waals surface area contributed by atoms with Crippen LogP contribution in [-0.4, -0.2) is 37.6 Å². The summed E-state index contributed by atoms with van der Waals surface area (Å²) in [7, 11) is 0. The second-order valence-corrected chi connectivity index (χ2v) is 12.1. The number of ether oxygens (including phenoxy) is 1. The van der Waals surface area contributed by atoms with Crippen molar-refractivity contribution in [1.82, 2.24) is 19.8 Å². The van der Waals surface area contributed by atoms with Crippen LogP contribution in [-0.2, 0) is 30.7 Å². The van der Waals surface area contributed by atoms with Gasteiger partial charge < -0.3 is 14.2 Å². The summed E-state index contributed by atoms with van der Waals surface area (Å²) in [4.78, 5) is 14.8. The molecular formula is C26H40N4O3. The van der Waals surface area contributed by atoms with Gasteiger partial charge in [-0.3, -0.25) is 4.68 Å². The van der Waals surface area contributed by atoms with Crippen LogP contribution in [0.3, 0.4) is 0 Å². The highest BCUT2D eigenvalue weighted by Gasteiger charge is 2.42. The second-order valence-electron chi connectivity index (χ2n) is 12.1. The van der Waals surface area contributed by atoms with Crippen LogP contribution >= 0.6 is 0 Å². The predicted molar refractivity (Wildman–Crippen MR) is 128 cm³/mol. The second kappa shape index (κ2) is 8.17. The van der Waals surface area contributed by atoms with Gasteiger partial charge in [-0.15, -0.1) is 0 Å². The number of rotatable bonds is 3. The van der Waals surface area contributed by atoms with Gasteiger partial charge in [-0.2, -0.15) is 5.10 Å². The van der Waals surface area contributed by atoms with Gasteiger partial charge in [0, 0.05) is 30.1 Å². The van der Waals surface area contributed by atoms with Crippen molar-refractivity contribution in [2.45, 2.75) is 99.9 Å². The van der Waals surface area contributed by atoms with E-state index in [-0.39, 0.29) is 17.6 Å². The lowest BCUT2D eigenvalue weighted by atomic mass is 9.65. The van der Waals surface area contributed by atoms with Gasteiger partial charge in [0.05, 0.1) is 17.9 Å². The molecule has 0 saturated carbocycles. The number of carbonyl (C=O) groups is 1. The van der Waals surface area contributed by atoms with Crippen molar-refractivity contribution >= 4 is 6.09 Å². The molecule has 0 radical (unpaired) electrons. The summed E-state index contributed by atoms with van der Waals surface area (Å²) in [6.45, 7) is 20.8. The maximum atomic E-state index is 13.0. The molecule has 7 nitrogen and oxygen atoms in total. The Morgan fingerprint density at radius 3 is 2.52 bits per heavy atom. The van der Waals surface area contributed by atoms with Gasteiger partial charge in [0.1, 0.15) is 17.6 Å². The fourth-order valence-corrected chi connectivity index (χ4v) is 5.42. The van der Waals surface area contributed by atoms with Crippen molar-refractivity contribution in [2.75, 3.05) is 0 Å². The smallest absolute Gasteiger partial charge is 0.410 e. The maximum Gasteiger partial charge on any atom is 0.410 e. The molecule has 0 N–H and O–H groups in total. The van der Waals surface area contributed by atoms with E-state index < -0.39 is 5.60 Å². The zero-order chi connectivity index (χ0) is 24.3. The Balaban J connectivity index is 1.73. The van der Waals surface area contributed by atoms with E-state index in [0.29, 0.717) is 30.7 Å². The first kappa shape index (κ1) is 23.8. The predicted octanol–water partition coefficient (Wildman–Crippen LogP) is 5.71. The Morgan fingerprint density at radius 1 is 1.18 bits per heavy atom. The molecule has 7 heteroatoms. The normalized spacial score (nSPS) is 21.8. The monoisotopic (exact) mass is 456 g/mol. The van der Waals surface area contributed by atoms with Gasteiger partial charge in [0.15, 0.2) is 0 Å².